The largest absolute Gasteiger partial charge is 0.481 e. The van der Waals surface area contributed by atoms with Gasteiger partial charge in [0, 0.05) is 12.1 Å². The summed E-state index contributed by atoms with van der Waals surface area (Å²) in [6, 6.07) is 0.347. The second kappa shape index (κ2) is 7.36. The molecule has 3 unspecified atom stereocenters. The van der Waals surface area contributed by atoms with E-state index in [4.69, 9.17) is 5.11 Å². The van der Waals surface area contributed by atoms with Crippen molar-refractivity contribution >= 4 is 11.9 Å². The van der Waals surface area contributed by atoms with Crippen LogP contribution in [-0.2, 0) is 9.59 Å². The highest BCUT2D eigenvalue weighted by molar-refractivity contribution is 5.78. The Morgan fingerprint density at radius 1 is 1.39 bits per heavy atom. The average molecular weight is 256 g/mol. The number of carbonyl (C=O) groups is 2. The van der Waals surface area contributed by atoms with Gasteiger partial charge in [0.1, 0.15) is 0 Å². The van der Waals surface area contributed by atoms with Crippen molar-refractivity contribution in [1.29, 1.82) is 0 Å². The molecule has 0 bridgehead atoms. The van der Waals surface area contributed by atoms with Crippen LogP contribution in [0.25, 0.3) is 0 Å². The van der Waals surface area contributed by atoms with Crippen molar-refractivity contribution < 1.29 is 14.7 Å². The van der Waals surface area contributed by atoms with Gasteiger partial charge in [-0.25, -0.2) is 0 Å². The zero-order valence-corrected chi connectivity index (χ0v) is 11.2. The van der Waals surface area contributed by atoms with Crippen LogP contribution in [0.5, 0.6) is 0 Å². The Kier molecular flexibility index (Phi) is 6.12. The number of hydrogen-bond donors (Lipinski definition) is 3. The minimum atomic E-state index is -0.717. The van der Waals surface area contributed by atoms with E-state index < -0.39 is 5.97 Å². The smallest absolute Gasteiger partial charge is 0.306 e. The highest BCUT2D eigenvalue weighted by Crippen LogP contribution is 2.24. The van der Waals surface area contributed by atoms with Gasteiger partial charge in [0.2, 0.25) is 5.91 Å². The first kappa shape index (κ1) is 15.0. The molecule has 3 atom stereocenters. The number of hydrogen-bond acceptors (Lipinski definition) is 3. The van der Waals surface area contributed by atoms with Gasteiger partial charge < -0.3 is 15.7 Å². The molecule has 1 saturated carbocycles. The van der Waals surface area contributed by atoms with E-state index in [1.165, 1.54) is 0 Å². The zero-order chi connectivity index (χ0) is 13.5. The molecule has 5 heteroatoms. The van der Waals surface area contributed by atoms with Gasteiger partial charge in [-0.3, -0.25) is 9.59 Å². The lowest BCUT2D eigenvalue weighted by molar-refractivity contribution is -0.143. The Balaban J connectivity index is 2.26. The lowest BCUT2D eigenvalue weighted by Crippen LogP contribution is -2.44. The summed E-state index contributed by atoms with van der Waals surface area (Å²) in [5, 5.41) is 15.0. The topological polar surface area (TPSA) is 78.4 Å². The number of rotatable bonds is 6. The van der Waals surface area contributed by atoms with Gasteiger partial charge in [0.25, 0.3) is 0 Å². The fourth-order valence-corrected chi connectivity index (χ4v) is 2.26. The number of carbonyl (C=O) groups excluding carboxylic acids is 1. The summed E-state index contributed by atoms with van der Waals surface area (Å²) in [5.74, 6) is -0.985. The lowest BCUT2D eigenvalue weighted by Gasteiger charge is -2.27. The first-order valence-corrected chi connectivity index (χ1v) is 6.78. The Labute approximate surface area is 108 Å². The molecule has 1 rings (SSSR count). The number of aliphatic carboxylic acids is 1. The van der Waals surface area contributed by atoms with Gasteiger partial charge in [-0.05, 0) is 32.6 Å². The van der Waals surface area contributed by atoms with E-state index in [0.717, 1.165) is 25.7 Å². The maximum absolute atomic E-state index is 11.6. The first-order valence-electron chi connectivity index (χ1n) is 6.78. The molecule has 0 radical (unpaired) electrons. The normalized spacial score (nSPS) is 25.4. The third-order valence-corrected chi connectivity index (χ3v) is 3.59. The Hall–Kier alpha value is -1.10. The van der Waals surface area contributed by atoms with Crippen LogP contribution in [0.1, 0.15) is 46.0 Å². The summed E-state index contributed by atoms with van der Waals surface area (Å²) in [5.41, 5.74) is 0. The van der Waals surface area contributed by atoms with E-state index in [2.05, 4.69) is 10.6 Å². The summed E-state index contributed by atoms with van der Waals surface area (Å²) < 4.78 is 0. The fourth-order valence-electron chi connectivity index (χ4n) is 2.26. The van der Waals surface area contributed by atoms with Gasteiger partial charge in [-0.2, -0.15) is 0 Å². The van der Waals surface area contributed by atoms with Crippen LogP contribution in [0.15, 0.2) is 0 Å². The van der Waals surface area contributed by atoms with Crippen LogP contribution in [0.4, 0.5) is 0 Å². The molecule has 1 fully saturated rings. The van der Waals surface area contributed by atoms with Crippen molar-refractivity contribution in [2.45, 2.75) is 58.0 Å². The van der Waals surface area contributed by atoms with Crippen LogP contribution < -0.4 is 10.6 Å². The van der Waals surface area contributed by atoms with Crippen molar-refractivity contribution in [2.24, 2.45) is 5.92 Å². The molecular formula is C13H24N2O3. The van der Waals surface area contributed by atoms with E-state index in [-0.39, 0.29) is 30.5 Å². The molecule has 0 aromatic rings. The van der Waals surface area contributed by atoms with Gasteiger partial charge >= 0.3 is 5.97 Å². The summed E-state index contributed by atoms with van der Waals surface area (Å²) in [4.78, 5) is 22.5. The number of amides is 1. The van der Waals surface area contributed by atoms with Gasteiger partial charge in [0.05, 0.1) is 12.5 Å². The molecule has 1 aliphatic rings. The second-order valence-electron chi connectivity index (χ2n) is 5.16. The van der Waals surface area contributed by atoms with Gasteiger partial charge in [-0.15, -0.1) is 0 Å². The van der Waals surface area contributed by atoms with E-state index >= 15 is 0 Å². The summed E-state index contributed by atoms with van der Waals surface area (Å²) >= 11 is 0. The maximum atomic E-state index is 11.6. The molecule has 0 heterocycles. The van der Waals surface area contributed by atoms with E-state index in [1.807, 2.05) is 13.8 Å². The predicted octanol–water partition coefficient (Wildman–Crippen LogP) is 1.13. The van der Waals surface area contributed by atoms with Gasteiger partial charge in [0.15, 0.2) is 0 Å². The van der Waals surface area contributed by atoms with Crippen LogP contribution in [0.3, 0.4) is 0 Å². The minimum absolute atomic E-state index is 0.0122. The molecule has 1 aliphatic carbocycles. The summed E-state index contributed by atoms with van der Waals surface area (Å²) in [7, 11) is 0. The Morgan fingerprint density at radius 3 is 2.72 bits per heavy atom. The summed E-state index contributed by atoms with van der Waals surface area (Å²) in [6.07, 6.45) is 4.18. The number of nitrogens with one attached hydrogen (secondary N) is 2. The van der Waals surface area contributed by atoms with Crippen molar-refractivity contribution in [3.05, 3.63) is 0 Å². The molecule has 3 N–H and O–H groups in total. The Bertz CT molecular complexity index is 294. The quantitative estimate of drug-likeness (QED) is 0.666. The van der Waals surface area contributed by atoms with Crippen LogP contribution in [-0.4, -0.2) is 35.6 Å². The van der Waals surface area contributed by atoms with Crippen LogP contribution in [0, 0.1) is 5.92 Å². The number of carboxylic acids is 1. The first-order chi connectivity index (χ1) is 8.52. The van der Waals surface area contributed by atoms with Crippen molar-refractivity contribution in [3.8, 4) is 0 Å². The van der Waals surface area contributed by atoms with Crippen molar-refractivity contribution in [3.63, 3.8) is 0 Å². The van der Waals surface area contributed by atoms with E-state index in [9.17, 15) is 9.59 Å². The lowest BCUT2D eigenvalue weighted by atomic mass is 9.86. The third kappa shape index (κ3) is 5.04. The van der Waals surface area contributed by atoms with Crippen LogP contribution in [0.2, 0.25) is 0 Å². The molecule has 5 nitrogen and oxygen atoms in total. The minimum Gasteiger partial charge on any atom is -0.481 e. The van der Waals surface area contributed by atoms with Gasteiger partial charge in [-0.1, -0.05) is 13.3 Å². The zero-order valence-electron chi connectivity index (χ0n) is 11.2. The molecule has 0 saturated heterocycles. The molecule has 1 amide bonds. The number of carboxylic acid groups (broad SMARTS) is 1. The molecule has 0 spiro atoms. The van der Waals surface area contributed by atoms with Crippen molar-refractivity contribution in [2.75, 3.05) is 6.54 Å². The maximum Gasteiger partial charge on any atom is 0.306 e. The monoisotopic (exact) mass is 256 g/mol. The average Bonchev–Trinajstić information content (AvgIpc) is 2.36. The predicted molar refractivity (Wildman–Crippen MR) is 69.3 cm³/mol. The SMILES string of the molecule is CCC(C)NC(=O)CNC1CCCC(C(=O)O)C1. The molecule has 104 valence electrons. The fraction of sp³-hybridized carbons (Fsp3) is 0.846. The molecule has 18 heavy (non-hydrogen) atoms. The Morgan fingerprint density at radius 2 is 2.11 bits per heavy atom. The van der Waals surface area contributed by atoms with Crippen molar-refractivity contribution in [1.82, 2.24) is 10.6 Å². The highest BCUT2D eigenvalue weighted by Gasteiger charge is 2.26. The third-order valence-electron chi connectivity index (χ3n) is 3.59. The summed E-state index contributed by atoms with van der Waals surface area (Å²) in [6.45, 7) is 4.28. The second-order valence-corrected chi connectivity index (χ2v) is 5.16. The van der Waals surface area contributed by atoms with Crippen LogP contribution >= 0.6 is 0 Å². The standard InChI is InChI=1S/C13H24N2O3/c1-3-9(2)15-12(16)8-14-11-6-4-5-10(7-11)13(17)18/h9-11,14H,3-8H2,1-2H3,(H,15,16)(H,17,18). The highest BCUT2D eigenvalue weighted by atomic mass is 16.4. The molecule has 0 aromatic heterocycles. The van der Waals surface area contributed by atoms with E-state index in [0.29, 0.717) is 6.42 Å². The molecule has 0 aromatic carbocycles. The molecule has 0 aliphatic heterocycles. The van der Waals surface area contributed by atoms with E-state index in [1.54, 1.807) is 0 Å². The molecular weight excluding hydrogens is 232 g/mol.